The average Bonchev–Trinajstić information content (AvgIpc) is 2.75. The fourth-order valence-corrected chi connectivity index (χ4v) is 5.30. The van der Waals surface area contributed by atoms with Gasteiger partial charge in [0, 0.05) is 31.2 Å². The minimum Gasteiger partial charge on any atom is -0.508 e. The molecule has 202 valence electrons. The maximum Gasteiger partial charge on any atom is 0.412 e. The van der Waals surface area contributed by atoms with Crippen molar-refractivity contribution in [1.29, 1.82) is 0 Å². The van der Waals surface area contributed by atoms with E-state index in [4.69, 9.17) is 0 Å². The highest BCUT2D eigenvalue weighted by Gasteiger charge is 2.43. The van der Waals surface area contributed by atoms with E-state index in [1.54, 1.807) is 0 Å². The molecule has 1 amide bonds. The zero-order chi connectivity index (χ0) is 27.1. The molecule has 2 aromatic carbocycles. The number of nitrogens with zero attached hydrogens (tertiary/aromatic N) is 3. The second-order valence-corrected chi connectivity index (χ2v) is 9.56. The number of hydrogen-bond donors (Lipinski definition) is 2. The predicted octanol–water partition coefficient (Wildman–Crippen LogP) is 5.10. The number of hydrogen-bond acceptors (Lipinski definition) is 4. The van der Waals surface area contributed by atoms with Gasteiger partial charge in [0.15, 0.2) is 0 Å². The van der Waals surface area contributed by atoms with Gasteiger partial charge in [-0.2, -0.15) is 13.2 Å². The van der Waals surface area contributed by atoms with E-state index in [-0.39, 0.29) is 42.9 Å². The molecular weight excluding hydrogens is 504 g/mol. The van der Waals surface area contributed by atoms with Gasteiger partial charge in [-0.3, -0.25) is 19.1 Å². The number of alkyl halides is 4. The highest BCUT2D eigenvalue weighted by molar-refractivity contribution is 5.87. The number of benzene rings is 2. The number of rotatable bonds is 7. The summed E-state index contributed by atoms with van der Waals surface area (Å²) >= 11 is 0. The number of likely N-dealkylation sites (tertiary alicyclic amines) is 1. The lowest BCUT2D eigenvalue weighted by atomic mass is 9.84. The van der Waals surface area contributed by atoms with Gasteiger partial charge in [-0.25, -0.2) is 13.6 Å². The van der Waals surface area contributed by atoms with Gasteiger partial charge in [-0.1, -0.05) is 6.07 Å². The first-order valence-corrected chi connectivity index (χ1v) is 11.8. The van der Waals surface area contributed by atoms with Crippen molar-refractivity contribution in [3.05, 3.63) is 58.7 Å². The van der Waals surface area contributed by atoms with Crippen LogP contribution in [-0.4, -0.2) is 77.2 Å². The molecule has 0 saturated carbocycles. The van der Waals surface area contributed by atoms with Crippen LogP contribution in [0, 0.1) is 11.6 Å². The molecule has 0 radical (unpaired) electrons. The molecule has 37 heavy (non-hydrogen) atoms. The highest BCUT2D eigenvalue weighted by atomic mass is 19.4. The third-order valence-electron chi connectivity index (χ3n) is 6.93. The molecule has 0 aliphatic carbocycles. The zero-order valence-corrected chi connectivity index (χ0v) is 20.0. The van der Waals surface area contributed by atoms with Crippen LogP contribution in [0.5, 0.6) is 5.75 Å². The molecule has 2 aliphatic rings. The smallest absolute Gasteiger partial charge is 0.412 e. The SMILES string of the molecule is C[C@@H]1Cc2cc(O)ccc2[C@@H](c2c(F)cc(N(C(=O)O)C3CN(CCCF)C3)cc2F)N1CC(F)(F)F. The molecule has 12 heteroatoms. The van der Waals surface area contributed by atoms with E-state index in [0.717, 1.165) is 21.9 Å². The normalized spacial score (nSPS) is 20.9. The van der Waals surface area contributed by atoms with Gasteiger partial charge in [0.2, 0.25) is 0 Å². The largest absolute Gasteiger partial charge is 0.508 e. The van der Waals surface area contributed by atoms with Crippen LogP contribution < -0.4 is 4.90 Å². The van der Waals surface area contributed by atoms with Crippen molar-refractivity contribution in [2.75, 3.05) is 37.8 Å². The average molecular weight is 531 g/mol. The van der Waals surface area contributed by atoms with Gasteiger partial charge in [0.1, 0.15) is 17.4 Å². The number of fused-ring (bicyclic) bond motifs is 1. The lowest BCUT2D eigenvalue weighted by Gasteiger charge is -2.44. The number of halogens is 6. The molecule has 2 aromatic rings. The molecule has 1 fully saturated rings. The van der Waals surface area contributed by atoms with E-state index >= 15 is 8.78 Å². The zero-order valence-electron chi connectivity index (χ0n) is 20.0. The van der Waals surface area contributed by atoms with Crippen LogP contribution in [0.2, 0.25) is 0 Å². The van der Waals surface area contributed by atoms with Crippen LogP contribution >= 0.6 is 0 Å². The number of phenolic OH excluding ortho intramolecular Hbond substituents is 1. The van der Waals surface area contributed by atoms with E-state index in [0.29, 0.717) is 12.1 Å². The third kappa shape index (κ3) is 5.64. The van der Waals surface area contributed by atoms with E-state index in [2.05, 4.69) is 0 Å². The van der Waals surface area contributed by atoms with Crippen molar-refractivity contribution >= 4 is 11.8 Å². The van der Waals surface area contributed by atoms with Crippen molar-refractivity contribution < 1.29 is 41.4 Å². The van der Waals surface area contributed by atoms with Gasteiger partial charge in [-0.15, -0.1) is 0 Å². The van der Waals surface area contributed by atoms with Crippen LogP contribution in [0.15, 0.2) is 30.3 Å². The molecule has 2 aliphatic heterocycles. The fourth-order valence-electron chi connectivity index (χ4n) is 5.30. The van der Waals surface area contributed by atoms with Crippen molar-refractivity contribution in [2.24, 2.45) is 0 Å². The predicted molar refractivity (Wildman–Crippen MR) is 124 cm³/mol. The summed E-state index contributed by atoms with van der Waals surface area (Å²) in [6, 6.07) is 2.78. The summed E-state index contributed by atoms with van der Waals surface area (Å²) in [5, 5.41) is 19.6. The molecule has 6 nitrogen and oxygen atoms in total. The molecular formula is C25H27F6N3O3. The topological polar surface area (TPSA) is 67.2 Å². The van der Waals surface area contributed by atoms with E-state index in [1.165, 1.54) is 25.1 Å². The standard InChI is InChI=1S/C25H27F6N3O3/c1-14-7-15-8-18(35)3-4-19(15)23(33(14)13-25(29,30)31)22-20(27)9-16(10-21(22)28)34(24(36)37)17-11-32(12-17)6-2-5-26/h3-4,8-10,14,17,23,35H,2,5-7,11-13H2,1H3,(H,36,37)/t14-,23+/m1/s1. The molecule has 1 saturated heterocycles. The van der Waals surface area contributed by atoms with E-state index < -0.39 is 60.8 Å². The summed E-state index contributed by atoms with van der Waals surface area (Å²) in [7, 11) is 0. The Labute approximate surface area is 209 Å². The molecule has 4 rings (SSSR count). The lowest BCUT2D eigenvalue weighted by molar-refractivity contribution is -0.155. The van der Waals surface area contributed by atoms with Crippen LogP contribution in [0.4, 0.5) is 36.8 Å². The molecule has 0 aromatic heterocycles. The van der Waals surface area contributed by atoms with Crippen molar-refractivity contribution in [2.45, 2.75) is 44.1 Å². The second-order valence-electron chi connectivity index (χ2n) is 9.56. The molecule has 2 atom stereocenters. The third-order valence-corrected chi connectivity index (χ3v) is 6.93. The van der Waals surface area contributed by atoms with Gasteiger partial charge in [0.05, 0.1) is 31.0 Å². The summed E-state index contributed by atoms with van der Waals surface area (Å²) in [6.07, 6.45) is -5.67. The van der Waals surface area contributed by atoms with Crippen LogP contribution in [0.1, 0.15) is 36.1 Å². The molecule has 0 unspecified atom stereocenters. The van der Waals surface area contributed by atoms with Crippen molar-refractivity contribution in [3.63, 3.8) is 0 Å². The number of carbonyl (C=O) groups is 1. The molecule has 0 bridgehead atoms. The Hall–Kier alpha value is -2.99. The molecule has 0 spiro atoms. The first kappa shape index (κ1) is 27.1. The molecule has 2 N–H and O–H groups in total. The first-order chi connectivity index (χ1) is 17.4. The Morgan fingerprint density at radius 1 is 1.14 bits per heavy atom. The summed E-state index contributed by atoms with van der Waals surface area (Å²) in [5.74, 6) is -2.48. The Morgan fingerprint density at radius 3 is 2.35 bits per heavy atom. The number of amides is 1. The van der Waals surface area contributed by atoms with Gasteiger partial charge in [0.25, 0.3) is 0 Å². The van der Waals surface area contributed by atoms with Gasteiger partial charge >= 0.3 is 12.3 Å². The van der Waals surface area contributed by atoms with Crippen LogP contribution in [0.3, 0.4) is 0 Å². The Balaban J connectivity index is 1.73. The second kappa shape index (κ2) is 10.4. The summed E-state index contributed by atoms with van der Waals surface area (Å²) in [6.45, 7) is 0.508. The van der Waals surface area contributed by atoms with Crippen LogP contribution in [-0.2, 0) is 6.42 Å². The maximum absolute atomic E-state index is 15.6. The number of phenols is 1. The van der Waals surface area contributed by atoms with Crippen molar-refractivity contribution in [1.82, 2.24) is 9.80 Å². The van der Waals surface area contributed by atoms with Gasteiger partial charge in [-0.05, 0) is 55.2 Å². The first-order valence-electron chi connectivity index (χ1n) is 11.8. The fraction of sp³-hybridized carbons (Fsp3) is 0.480. The Kier molecular flexibility index (Phi) is 7.61. The van der Waals surface area contributed by atoms with Crippen LogP contribution in [0.25, 0.3) is 0 Å². The summed E-state index contributed by atoms with van der Waals surface area (Å²) < 4.78 is 84.0. The lowest BCUT2D eigenvalue weighted by Crippen LogP contribution is -2.61. The van der Waals surface area contributed by atoms with Gasteiger partial charge < -0.3 is 10.2 Å². The maximum atomic E-state index is 15.6. The van der Waals surface area contributed by atoms with E-state index in [9.17, 15) is 32.6 Å². The summed E-state index contributed by atoms with van der Waals surface area (Å²) in [4.78, 5) is 15.6. The van der Waals surface area contributed by atoms with E-state index in [1.807, 2.05) is 4.90 Å². The minimum atomic E-state index is -4.65. The highest BCUT2D eigenvalue weighted by Crippen LogP contribution is 2.43. The number of aromatic hydroxyl groups is 1. The number of anilines is 1. The molecule has 2 heterocycles. The van der Waals surface area contributed by atoms with Crippen molar-refractivity contribution in [3.8, 4) is 5.75 Å². The summed E-state index contributed by atoms with van der Waals surface area (Å²) in [5.41, 5.74) is -0.217. The Morgan fingerprint density at radius 2 is 1.78 bits per heavy atom. The number of carboxylic acid groups (broad SMARTS) is 1. The quantitative estimate of drug-likeness (QED) is 0.487. The monoisotopic (exact) mass is 531 g/mol. The Bertz CT molecular complexity index is 1130. The minimum absolute atomic E-state index is 0.122.